The van der Waals surface area contributed by atoms with Crippen molar-refractivity contribution < 1.29 is 4.79 Å². The van der Waals surface area contributed by atoms with E-state index >= 15 is 0 Å². The number of anilines is 1. The molecular weight excluding hydrogens is 396 g/mol. The van der Waals surface area contributed by atoms with Gasteiger partial charge >= 0.3 is 0 Å². The van der Waals surface area contributed by atoms with Crippen molar-refractivity contribution in [3.8, 4) is 11.3 Å². The van der Waals surface area contributed by atoms with E-state index in [0.717, 1.165) is 21.3 Å². The van der Waals surface area contributed by atoms with Crippen molar-refractivity contribution >= 4 is 38.3 Å². The highest BCUT2D eigenvalue weighted by Gasteiger charge is 2.11. The van der Waals surface area contributed by atoms with Crippen molar-refractivity contribution in [1.29, 1.82) is 0 Å². The molecule has 128 valence electrons. The molecule has 0 unspecified atom stereocenters. The average Bonchev–Trinajstić information content (AvgIpc) is 3.01. The van der Waals surface area contributed by atoms with Crippen LogP contribution in [0.5, 0.6) is 0 Å². The number of benzene rings is 2. The lowest BCUT2D eigenvalue weighted by Gasteiger charge is -2.07. The van der Waals surface area contributed by atoms with Crippen LogP contribution in [-0.4, -0.2) is 10.9 Å². The van der Waals surface area contributed by atoms with E-state index in [0.29, 0.717) is 11.6 Å². The van der Waals surface area contributed by atoms with E-state index in [-0.39, 0.29) is 5.91 Å². The Morgan fingerprint density at radius 2 is 1.76 bits per heavy atom. The Morgan fingerprint density at radius 1 is 1.08 bits per heavy atom. The van der Waals surface area contributed by atoms with Crippen molar-refractivity contribution in [3.63, 3.8) is 0 Å². The van der Waals surface area contributed by atoms with Gasteiger partial charge in [-0.2, -0.15) is 0 Å². The SMILES string of the molecule is Cc1cc(C)c(-c2csc(NC(=O)Cc3ccc(Br)cc3)n2)cc1C. The second-order valence-electron chi connectivity index (χ2n) is 6.14. The molecule has 1 aromatic heterocycles. The van der Waals surface area contributed by atoms with Crippen LogP contribution in [0.3, 0.4) is 0 Å². The Hall–Kier alpha value is -1.98. The molecule has 1 N–H and O–H groups in total. The summed E-state index contributed by atoms with van der Waals surface area (Å²) in [6.07, 6.45) is 0.338. The monoisotopic (exact) mass is 414 g/mol. The standard InChI is InChI=1S/C20H19BrN2OS/c1-12-8-14(3)17(9-13(12)2)18-11-25-20(22-18)23-19(24)10-15-4-6-16(21)7-5-15/h4-9,11H,10H2,1-3H3,(H,22,23,24). The van der Waals surface area contributed by atoms with Gasteiger partial charge in [0, 0.05) is 15.4 Å². The number of halogens is 1. The van der Waals surface area contributed by atoms with Crippen LogP contribution < -0.4 is 5.32 Å². The maximum Gasteiger partial charge on any atom is 0.230 e. The molecule has 0 atom stereocenters. The van der Waals surface area contributed by atoms with Gasteiger partial charge in [-0.25, -0.2) is 4.98 Å². The maximum atomic E-state index is 12.2. The first kappa shape index (κ1) is 17.8. The molecule has 0 radical (unpaired) electrons. The molecule has 0 aliphatic carbocycles. The van der Waals surface area contributed by atoms with Gasteiger partial charge in [-0.05, 0) is 61.2 Å². The van der Waals surface area contributed by atoms with E-state index in [9.17, 15) is 4.79 Å². The van der Waals surface area contributed by atoms with Crippen LogP contribution in [0.15, 0.2) is 46.3 Å². The fourth-order valence-corrected chi connectivity index (χ4v) is 3.63. The molecule has 3 rings (SSSR count). The Morgan fingerprint density at radius 3 is 2.48 bits per heavy atom. The highest BCUT2D eigenvalue weighted by molar-refractivity contribution is 9.10. The number of hydrogen-bond acceptors (Lipinski definition) is 3. The average molecular weight is 415 g/mol. The molecule has 1 heterocycles. The Labute approximate surface area is 160 Å². The third kappa shape index (κ3) is 4.35. The second kappa shape index (κ2) is 7.50. The predicted octanol–water partition coefficient (Wildman–Crippen LogP) is 5.68. The van der Waals surface area contributed by atoms with Gasteiger partial charge in [-0.1, -0.05) is 34.1 Å². The van der Waals surface area contributed by atoms with Gasteiger partial charge in [0.2, 0.25) is 5.91 Å². The fraction of sp³-hybridized carbons (Fsp3) is 0.200. The summed E-state index contributed by atoms with van der Waals surface area (Å²) in [5, 5.41) is 5.52. The van der Waals surface area contributed by atoms with E-state index in [1.807, 2.05) is 29.6 Å². The van der Waals surface area contributed by atoms with E-state index in [1.54, 1.807) is 0 Å². The lowest BCUT2D eigenvalue weighted by molar-refractivity contribution is -0.115. The van der Waals surface area contributed by atoms with Crippen LogP contribution in [0, 0.1) is 20.8 Å². The highest BCUT2D eigenvalue weighted by atomic mass is 79.9. The number of rotatable bonds is 4. The minimum absolute atomic E-state index is 0.0555. The Bertz CT molecular complexity index is 916. The van der Waals surface area contributed by atoms with Gasteiger partial charge < -0.3 is 5.32 Å². The maximum absolute atomic E-state index is 12.2. The van der Waals surface area contributed by atoms with Gasteiger partial charge in [0.25, 0.3) is 0 Å². The minimum Gasteiger partial charge on any atom is -0.302 e. The zero-order chi connectivity index (χ0) is 18.0. The molecule has 0 saturated carbocycles. The first-order valence-electron chi connectivity index (χ1n) is 8.00. The molecule has 0 aliphatic heterocycles. The number of carbonyl (C=O) groups is 1. The van der Waals surface area contributed by atoms with Gasteiger partial charge in [-0.3, -0.25) is 4.79 Å². The number of aromatic nitrogens is 1. The Balaban J connectivity index is 1.72. The zero-order valence-corrected chi connectivity index (χ0v) is 16.8. The first-order valence-corrected chi connectivity index (χ1v) is 9.67. The van der Waals surface area contributed by atoms with E-state index in [4.69, 9.17) is 0 Å². The molecule has 0 spiro atoms. The number of aryl methyl sites for hydroxylation is 3. The normalized spacial score (nSPS) is 10.7. The van der Waals surface area contributed by atoms with Crippen molar-refractivity contribution in [2.75, 3.05) is 5.32 Å². The largest absolute Gasteiger partial charge is 0.302 e. The molecule has 5 heteroatoms. The van der Waals surface area contributed by atoms with Gasteiger partial charge in [0.1, 0.15) is 0 Å². The molecule has 1 amide bonds. The smallest absolute Gasteiger partial charge is 0.230 e. The number of nitrogens with one attached hydrogen (secondary N) is 1. The molecule has 0 bridgehead atoms. The van der Waals surface area contributed by atoms with Crippen LogP contribution >= 0.6 is 27.3 Å². The van der Waals surface area contributed by atoms with Crippen molar-refractivity contribution in [2.45, 2.75) is 27.2 Å². The fourth-order valence-electron chi connectivity index (χ4n) is 2.64. The van der Waals surface area contributed by atoms with Crippen molar-refractivity contribution in [2.24, 2.45) is 0 Å². The predicted molar refractivity (Wildman–Crippen MR) is 108 cm³/mol. The van der Waals surface area contributed by atoms with Crippen LogP contribution in [0.2, 0.25) is 0 Å². The molecule has 3 nitrogen and oxygen atoms in total. The Kier molecular flexibility index (Phi) is 5.35. The number of nitrogens with zero attached hydrogens (tertiary/aromatic N) is 1. The number of carbonyl (C=O) groups excluding carboxylic acids is 1. The number of hydrogen-bond donors (Lipinski definition) is 1. The van der Waals surface area contributed by atoms with Crippen LogP contribution in [0.4, 0.5) is 5.13 Å². The van der Waals surface area contributed by atoms with E-state index in [2.05, 4.69) is 59.1 Å². The summed E-state index contributed by atoms with van der Waals surface area (Å²) in [6.45, 7) is 6.30. The summed E-state index contributed by atoms with van der Waals surface area (Å²) in [4.78, 5) is 16.8. The topological polar surface area (TPSA) is 42.0 Å². The van der Waals surface area contributed by atoms with E-state index in [1.165, 1.54) is 28.0 Å². The summed E-state index contributed by atoms with van der Waals surface area (Å²) in [6, 6.07) is 12.1. The quantitative estimate of drug-likeness (QED) is 0.596. The van der Waals surface area contributed by atoms with E-state index < -0.39 is 0 Å². The lowest BCUT2D eigenvalue weighted by Crippen LogP contribution is -2.14. The lowest BCUT2D eigenvalue weighted by atomic mass is 9.99. The zero-order valence-electron chi connectivity index (χ0n) is 14.4. The first-order chi connectivity index (χ1) is 11.9. The molecule has 3 aromatic rings. The second-order valence-corrected chi connectivity index (χ2v) is 7.91. The summed E-state index contributed by atoms with van der Waals surface area (Å²) in [5.41, 5.74) is 6.72. The molecular formula is C20H19BrN2OS. The number of thiazole rings is 1. The van der Waals surface area contributed by atoms with Gasteiger partial charge in [-0.15, -0.1) is 11.3 Å². The summed E-state index contributed by atoms with van der Waals surface area (Å²) >= 11 is 4.85. The minimum atomic E-state index is -0.0555. The van der Waals surface area contributed by atoms with Crippen molar-refractivity contribution in [3.05, 3.63) is 68.5 Å². The highest BCUT2D eigenvalue weighted by Crippen LogP contribution is 2.29. The summed E-state index contributed by atoms with van der Waals surface area (Å²) in [7, 11) is 0. The molecule has 0 saturated heterocycles. The molecule has 0 fully saturated rings. The van der Waals surface area contributed by atoms with Gasteiger partial charge in [0.05, 0.1) is 12.1 Å². The summed E-state index contributed by atoms with van der Waals surface area (Å²) < 4.78 is 1.00. The molecule has 0 aliphatic rings. The third-order valence-corrected chi connectivity index (χ3v) is 5.43. The number of amides is 1. The van der Waals surface area contributed by atoms with Crippen molar-refractivity contribution in [1.82, 2.24) is 4.98 Å². The van der Waals surface area contributed by atoms with Crippen LogP contribution in [0.25, 0.3) is 11.3 Å². The third-order valence-electron chi connectivity index (χ3n) is 4.15. The summed E-state index contributed by atoms with van der Waals surface area (Å²) in [5.74, 6) is -0.0555. The molecule has 25 heavy (non-hydrogen) atoms. The van der Waals surface area contributed by atoms with Crippen LogP contribution in [0.1, 0.15) is 22.3 Å². The van der Waals surface area contributed by atoms with Gasteiger partial charge in [0.15, 0.2) is 5.13 Å². The molecule has 2 aromatic carbocycles. The van der Waals surface area contributed by atoms with Crippen LogP contribution in [-0.2, 0) is 11.2 Å².